The predicted molar refractivity (Wildman–Crippen MR) is 132 cm³/mol. The molecule has 2 aromatic heterocycles. The Morgan fingerprint density at radius 3 is 2.62 bits per heavy atom. The number of aromatic nitrogens is 2. The molecule has 2 aromatic carbocycles. The number of benzene rings is 2. The van der Waals surface area contributed by atoms with Gasteiger partial charge in [-0.25, -0.2) is 4.98 Å². The van der Waals surface area contributed by atoms with Crippen LogP contribution in [0.25, 0.3) is 16.2 Å². The minimum absolute atomic E-state index is 0.0278. The van der Waals surface area contributed by atoms with Crippen LogP contribution in [0.2, 0.25) is 5.02 Å². The molecule has 1 fully saturated rings. The number of aryl methyl sites for hydroxylation is 1. The van der Waals surface area contributed by atoms with Crippen molar-refractivity contribution in [1.82, 2.24) is 19.2 Å². The number of imidazole rings is 1. The van der Waals surface area contributed by atoms with Crippen molar-refractivity contribution in [3.05, 3.63) is 69.8 Å². The molecule has 4 aromatic rings. The van der Waals surface area contributed by atoms with Crippen LogP contribution in [0, 0.1) is 6.92 Å². The highest BCUT2D eigenvalue weighted by Gasteiger charge is 2.26. The molecular weight excluding hydrogens is 472 g/mol. The Kier molecular flexibility index (Phi) is 5.44. The van der Waals surface area contributed by atoms with Crippen molar-refractivity contribution >= 4 is 33.8 Å². The lowest BCUT2D eigenvalue weighted by Crippen LogP contribution is -2.48. The molecule has 6 rings (SSSR count). The summed E-state index contributed by atoms with van der Waals surface area (Å²) >= 11 is 7.80. The molecule has 0 saturated carbocycles. The maximum absolute atomic E-state index is 13.1. The maximum Gasteiger partial charge on any atom is 0.254 e. The Bertz CT molecular complexity index is 1370. The fraction of sp³-hybridized carbons (Fsp3) is 0.280. The first kappa shape index (κ1) is 21.5. The van der Waals surface area contributed by atoms with Gasteiger partial charge in [0.1, 0.15) is 0 Å². The largest absolute Gasteiger partial charge is 0.454 e. The summed E-state index contributed by atoms with van der Waals surface area (Å²) in [6, 6.07) is 13.2. The number of fused-ring (bicyclic) bond motifs is 2. The number of ether oxygens (including phenoxy) is 2. The van der Waals surface area contributed by atoms with Gasteiger partial charge in [0, 0.05) is 59.9 Å². The summed E-state index contributed by atoms with van der Waals surface area (Å²) < 4.78 is 13.0. The molecule has 34 heavy (non-hydrogen) atoms. The van der Waals surface area contributed by atoms with E-state index in [0.717, 1.165) is 41.5 Å². The molecule has 0 unspecified atom stereocenters. The number of rotatable bonds is 4. The van der Waals surface area contributed by atoms with Gasteiger partial charge in [-0.3, -0.25) is 14.1 Å². The zero-order valence-electron chi connectivity index (χ0n) is 18.7. The fourth-order valence-corrected chi connectivity index (χ4v) is 5.49. The molecule has 4 heterocycles. The smallest absolute Gasteiger partial charge is 0.254 e. The molecule has 0 bridgehead atoms. The van der Waals surface area contributed by atoms with Crippen LogP contribution in [-0.2, 0) is 6.54 Å². The first-order valence-electron chi connectivity index (χ1n) is 11.2. The molecule has 0 aliphatic carbocycles. The number of halogens is 1. The molecule has 174 valence electrons. The van der Waals surface area contributed by atoms with Crippen LogP contribution >= 0.6 is 22.9 Å². The van der Waals surface area contributed by atoms with Crippen LogP contribution < -0.4 is 9.47 Å². The molecule has 9 heteroatoms. The monoisotopic (exact) mass is 494 g/mol. The van der Waals surface area contributed by atoms with Gasteiger partial charge in [0.25, 0.3) is 5.91 Å². The minimum atomic E-state index is 0.0278. The van der Waals surface area contributed by atoms with Gasteiger partial charge in [-0.2, -0.15) is 0 Å². The Balaban J connectivity index is 1.19. The number of thiazole rings is 1. The Morgan fingerprint density at radius 2 is 1.82 bits per heavy atom. The van der Waals surface area contributed by atoms with Gasteiger partial charge in [-0.15, -0.1) is 11.3 Å². The third-order valence-corrected chi connectivity index (χ3v) is 7.46. The summed E-state index contributed by atoms with van der Waals surface area (Å²) in [4.78, 5) is 24.5. The fourth-order valence-electron chi connectivity index (χ4n) is 4.52. The second kappa shape index (κ2) is 8.61. The quantitative estimate of drug-likeness (QED) is 0.411. The van der Waals surface area contributed by atoms with Gasteiger partial charge in [0.05, 0.1) is 11.4 Å². The summed E-state index contributed by atoms with van der Waals surface area (Å²) in [5.74, 6) is 1.35. The molecular formula is C25H23ClN4O3S. The van der Waals surface area contributed by atoms with Gasteiger partial charge < -0.3 is 14.4 Å². The van der Waals surface area contributed by atoms with E-state index in [0.29, 0.717) is 35.2 Å². The molecule has 1 amide bonds. The average Bonchev–Trinajstić information content (AvgIpc) is 3.54. The lowest BCUT2D eigenvalue weighted by Gasteiger charge is -2.34. The van der Waals surface area contributed by atoms with E-state index in [1.54, 1.807) is 23.5 Å². The van der Waals surface area contributed by atoms with E-state index in [-0.39, 0.29) is 12.7 Å². The van der Waals surface area contributed by atoms with Crippen molar-refractivity contribution in [2.45, 2.75) is 13.5 Å². The van der Waals surface area contributed by atoms with Crippen LogP contribution in [-0.4, -0.2) is 58.1 Å². The van der Waals surface area contributed by atoms with Crippen molar-refractivity contribution in [3.63, 3.8) is 0 Å². The second-order valence-corrected chi connectivity index (χ2v) is 10.2. The van der Waals surface area contributed by atoms with Gasteiger partial charge in [-0.1, -0.05) is 23.7 Å². The SMILES string of the molecule is Cc1cn2c(CN3CCN(C(=O)c4ccc5c(c4)OCO5)CC3)c(-c3ccc(Cl)cc3)nc2s1. The molecule has 7 nitrogen and oxygen atoms in total. The third kappa shape index (κ3) is 3.91. The first-order chi connectivity index (χ1) is 16.5. The van der Waals surface area contributed by atoms with E-state index >= 15 is 0 Å². The van der Waals surface area contributed by atoms with Gasteiger partial charge in [-0.05, 0) is 37.3 Å². The molecule has 0 N–H and O–H groups in total. The topological polar surface area (TPSA) is 59.3 Å². The maximum atomic E-state index is 13.1. The third-order valence-electron chi connectivity index (χ3n) is 6.31. The molecule has 0 spiro atoms. The van der Waals surface area contributed by atoms with E-state index in [2.05, 4.69) is 22.4 Å². The summed E-state index contributed by atoms with van der Waals surface area (Å²) in [6.45, 7) is 6.02. The van der Waals surface area contributed by atoms with Gasteiger partial charge in [0.2, 0.25) is 6.79 Å². The zero-order valence-corrected chi connectivity index (χ0v) is 20.2. The number of nitrogens with zero attached hydrogens (tertiary/aromatic N) is 4. The van der Waals surface area contributed by atoms with E-state index in [9.17, 15) is 4.79 Å². The Morgan fingerprint density at radius 1 is 1.06 bits per heavy atom. The predicted octanol–water partition coefficient (Wildman–Crippen LogP) is 4.71. The number of amides is 1. The van der Waals surface area contributed by atoms with Gasteiger partial charge >= 0.3 is 0 Å². The Hall–Kier alpha value is -3.07. The Labute approximate surface area is 206 Å². The molecule has 0 radical (unpaired) electrons. The van der Waals surface area contributed by atoms with Crippen LogP contribution in [0.5, 0.6) is 11.5 Å². The second-order valence-electron chi connectivity index (χ2n) is 8.54. The van der Waals surface area contributed by atoms with Crippen molar-refractivity contribution in [3.8, 4) is 22.8 Å². The number of carbonyl (C=O) groups is 1. The van der Waals surface area contributed by atoms with Crippen LogP contribution in [0.3, 0.4) is 0 Å². The van der Waals surface area contributed by atoms with Crippen LogP contribution in [0.15, 0.2) is 48.7 Å². The van der Waals surface area contributed by atoms with Crippen LogP contribution in [0.4, 0.5) is 0 Å². The zero-order chi connectivity index (χ0) is 23.2. The molecule has 2 aliphatic rings. The average molecular weight is 495 g/mol. The van der Waals surface area contributed by atoms with Gasteiger partial charge in [0.15, 0.2) is 16.5 Å². The van der Waals surface area contributed by atoms with Crippen molar-refractivity contribution in [2.24, 2.45) is 0 Å². The van der Waals surface area contributed by atoms with Crippen molar-refractivity contribution in [1.29, 1.82) is 0 Å². The lowest BCUT2D eigenvalue weighted by atomic mass is 10.1. The molecule has 2 aliphatic heterocycles. The normalized spacial score (nSPS) is 15.9. The summed E-state index contributed by atoms with van der Waals surface area (Å²) in [7, 11) is 0. The minimum Gasteiger partial charge on any atom is -0.454 e. The number of hydrogen-bond acceptors (Lipinski definition) is 6. The molecule has 1 saturated heterocycles. The first-order valence-corrected chi connectivity index (χ1v) is 12.4. The summed E-state index contributed by atoms with van der Waals surface area (Å²) in [5.41, 5.74) is 3.84. The van der Waals surface area contributed by atoms with E-state index in [1.165, 1.54) is 4.88 Å². The number of carbonyl (C=O) groups excluding carboxylic acids is 1. The highest BCUT2D eigenvalue weighted by atomic mass is 35.5. The highest BCUT2D eigenvalue weighted by Crippen LogP contribution is 2.33. The lowest BCUT2D eigenvalue weighted by molar-refractivity contribution is 0.0626. The summed E-state index contributed by atoms with van der Waals surface area (Å²) in [5, 5.41) is 0.713. The number of piperazine rings is 1. The van der Waals surface area contributed by atoms with Crippen LogP contribution in [0.1, 0.15) is 20.9 Å². The highest BCUT2D eigenvalue weighted by molar-refractivity contribution is 7.17. The van der Waals surface area contributed by atoms with Crippen molar-refractivity contribution in [2.75, 3.05) is 33.0 Å². The standard InChI is InChI=1S/C25H23ClN4O3S/c1-16-13-30-20(23(27-25(30)34-16)17-2-5-19(26)6-3-17)14-28-8-10-29(11-9-28)24(31)18-4-7-21-22(12-18)33-15-32-21/h2-7,12-13H,8-11,14-15H2,1H3. The van der Waals surface area contributed by atoms with E-state index in [1.807, 2.05) is 35.2 Å². The van der Waals surface area contributed by atoms with E-state index in [4.69, 9.17) is 26.1 Å². The number of hydrogen-bond donors (Lipinski definition) is 0. The summed E-state index contributed by atoms with van der Waals surface area (Å²) in [6.07, 6.45) is 2.15. The van der Waals surface area contributed by atoms with E-state index < -0.39 is 0 Å². The molecule has 0 atom stereocenters. The van der Waals surface area contributed by atoms with Crippen molar-refractivity contribution < 1.29 is 14.3 Å².